The molecule has 6 nitrogen and oxygen atoms in total. The largest absolute Gasteiger partial charge is 0.497 e. The standard InChI is InChI=1S/C16H24N2O4S/c1-13-5-4-10-17(11-13)16(19)12-18(23(3,20)21)14-6-8-15(22-2)9-7-14/h6-9,13H,4-5,10-12H2,1-3H3. The second-order valence-corrected chi connectivity index (χ2v) is 7.96. The number of piperidine rings is 1. The molecule has 7 heteroatoms. The van der Waals surface area contributed by atoms with E-state index in [0.717, 1.165) is 23.4 Å². The van der Waals surface area contributed by atoms with Gasteiger partial charge < -0.3 is 9.64 Å². The fourth-order valence-electron chi connectivity index (χ4n) is 2.79. The zero-order valence-electron chi connectivity index (χ0n) is 13.9. The third kappa shape index (κ3) is 4.60. The number of hydrogen-bond donors (Lipinski definition) is 0. The highest BCUT2D eigenvalue weighted by atomic mass is 32.2. The number of anilines is 1. The van der Waals surface area contributed by atoms with Crippen molar-refractivity contribution in [2.24, 2.45) is 5.92 Å². The Bertz CT molecular complexity index is 643. The van der Waals surface area contributed by atoms with E-state index in [0.29, 0.717) is 30.4 Å². The normalized spacial score (nSPS) is 18.6. The number of sulfonamides is 1. The van der Waals surface area contributed by atoms with Gasteiger partial charge in [0.25, 0.3) is 0 Å². The van der Waals surface area contributed by atoms with E-state index in [-0.39, 0.29) is 12.5 Å². The Morgan fingerprint density at radius 3 is 2.52 bits per heavy atom. The van der Waals surface area contributed by atoms with E-state index < -0.39 is 10.0 Å². The molecule has 1 atom stereocenters. The van der Waals surface area contributed by atoms with Crippen LogP contribution in [0.4, 0.5) is 5.69 Å². The number of nitrogens with zero attached hydrogens (tertiary/aromatic N) is 2. The SMILES string of the molecule is COc1ccc(N(CC(=O)N2CCCC(C)C2)S(C)(=O)=O)cc1. The number of benzene rings is 1. The van der Waals surface area contributed by atoms with Crippen LogP contribution in [-0.2, 0) is 14.8 Å². The maximum Gasteiger partial charge on any atom is 0.243 e. The Balaban J connectivity index is 2.17. The summed E-state index contributed by atoms with van der Waals surface area (Å²) in [5, 5.41) is 0. The molecular weight excluding hydrogens is 316 g/mol. The molecule has 1 aliphatic rings. The Morgan fingerprint density at radius 1 is 1.35 bits per heavy atom. The maximum atomic E-state index is 12.5. The van der Waals surface area contributed by atoms with Crippen molar-refractivity contribution >= 4 is 21.6 Å². The van der Waals surface area contributed by atoms with Crippen LogP contribution < -0.4 is 9.04 Å². The highest BCUT2D eigenvalue weighted by molar-refractivity contribution is 7.92. The number of methoxy groups -OCH3 is 1. The van der Waals surface area contributed by atoms with E-state index in [1.54, 1.807) is 36.3 Å². The van der Waals surface area contributed by atoms with Gasteiger partial charge in [0.1, 0.15) is 12.3 Å². The summed E-state index contributed by atoms with van der Waals surface area (Å²) >= 11 is 0. The minimum absolute atomic E-state index is 0.155. The van der Waals surface area contributed by atoms with Gasteiger partial charge in [-0.05, 0) is 43.0 Å². The number of hydrogen-bond acceptors (Lipinski definition) is 4. The number of likely N-dealkylation sites (tertiary alicyclic amines) is 1. The van der Waals surface area contributed by atoms with Gasteiger partial charge >= 0.3 is 0 Å². The predicted octanol–water partition coefficient (Wildman–Crippen LogP) is 1.72. The molecule has 0 N–H and O–H groups in total. The van der Waals surface area contributed by atoms with Crippen LogP contribution in [-0.4, -0.2) is 52.2 Å². The summed E-state index contributed by atoms with van der Waals surface area (Å²) in [6.45, 7) is 3.33. The Labute approximate surface area is 138 Å². The van der Waals surface area contributed by atoms with Gasteiger partial charge in [-0.25, -0.2) is 8.42 Å². The lowest BCUT2D eigenvalue weighted by Gasteiger charge is -2.33. The zero-order valence-corrected chi connectivity index (χ0v) is 14.7. The first kappa shape index (κ1) is 17.6. The molecule has 2 rings (SSSR count). The molecule has 0 aliphatic carbocycles. The average Bonchev–Trinajstić information content (AvgIpc) is 2.51. The molecule has 1 saturated heterocycles. The van der Waals surface area contributed by atoms with Crippen LogP contribution in [0.5, 0.6) is 5.75 Å². The quantitative estimate of drug-likeness (QED) is 0.818. The van der Waals surface area contributed by atoms with E-state index >= 15 is 0 Å². The van der Waals surface area contributed by atoms with Crippen molar-refractivity contribution in [1.29, 1.82) is 0 Å². The van der Waals surface area contributed by atoms with E-state index in [1.807, 2.05) is 0 Å². The summed E-state index contributed by atoms with van der Waals surface area (Å²) in [7, 11) is -1.99. The number of carbonyl (C=O) groups is 1. The van der Waals surface area contributed by atoms with E-state index in [9.17, 15) is 13.2 Å². The van der Waals surface area contributed by atoms with Gasteiger partial charge in [0.05, 0.1) is 19.1 Å². The van der Waals surface area contributed by atoms with Crippen molar-refractivity contribution in [2.45, 2.75) is 19.8 Å². The summed E-state index contributed by atoms with van der Waals surface area (Å²) in [6.07, 6.45) is 3.19. The van der Waals surface area contributed by atoms with Crippen LogP contribution in [0.3, 0.4) is 0 Å². The molecule has 0 radical (unpaired) electrons. The van der Waals surface area contributed by atoms with Gasteiger partial charge in [-0.1, -0.05) is 6.92 Å². The first-order valence-corrected chi connectivity index (χ1v) is 9.55. The Morgan fingerprint density at radius 2 is 2.00 bits per heavy atom. The summed E-state index contributed by atoms with van der Waals surface area (Å²) < 4.78 is 30.4. The van der Waals surface area contributed by atoms with E-state index in [2.05, 4.69) is 6.92 Å². The zero-order chi connectivity index (χ0) is 17.0. The summed E-state index contributed by atoms with van der Waals surface area (Å²) in [6, 6.07) is 6.65. The fraction of sp³-hybridized carbons (Fsp3) is 0.562. The van der Waals surface area contributed by atoms with E-state index in [1.165, 1.54) is 0 Å². The molecule has 1 heterocycles. The molecule has 0 aromatic heterocycles. The first-order chi connectivity index (χ1) is 10.8. The summed E-state index contributed by atoms with van der Waals surface area (Å²) in [5.74, 6) is 0.941. The molecule has 0 bridgehead atoms. The molecule has 1 amide bonds. The van der Waals surface area contributed by atoms with Gasteiger partial charge in [-0.15, -0.1) is 0 Å². The molecule has 1 aromatic rings. The summed E-state index contributed by atoms with van der Waals surface area (Å²) in [5.41, 5.74) is 0.465. The monoisotopic (exact) mass is 340 g/mol. The second kappa shape index (κ2) is 7.21. The number of ether oxygens (including phenoxy) is 1. The molecule has 23 heavy (non-hydrogen) atoms. The maximum absolute atomic E-state index is 12.5. The van der Waals surface area contributed by atoms with Crippen molar-refractivity contribution in [2.75, 3.05) is 37.3 Å². The van der Waals surface area contributed by atoms with Gasteiger partial charge in [0.2, 0.25) is 15.9 Å². The third-order valence-electron chi connectivity index (χ3n) is 4.05. The first-order valence-electron chi connectivity index (χ1n) is 7.71. The molecule has 128 valence electrons. The Hall–Kier alpha value is -1.76. The van der Waals surface area contributed by atoms with Crippen molar-refractivity contribution in [1.82, 2.24) is 4.90 Å². The lowest BCUT2D eigenvalue weighted by molar-refractivity contribution is -0.131. The highest BCUT2D eigenvalue weighted by Gasteiger charge is 2.26. The predicted molar refractivity (Wildman–Crippen MR) is 90.2 cm³/mol. The molecule has 1 unspecified atom stereocenters. The summed E-state index contributed by atoms with van der Waals surface area (Å²) in [4.78, 5) is 14.3. The van der Waals surface area contributed by atoms with Gasteiger partial charge in [-0.2, -0.15) is 0 Å². The number of rotatable bonds is 5. The highest BCUT2D eigenvalue weighted by Crippen LogP contribution is 2.22. The third-order valence-corrected chi connectivity index (χ3v) is 5.19. The van der Waals surface area contributed by atoms with E-state index in [4.69, 9.17) is 4.74 Å². The molecular formula is C16H24N2O4S. The fourth-order valence-corrected chi connectivity index (χ4v) is 3.64. The van der Waals surface area contributed by atoms with Crippen LogP contribution in [0.25, 0.3) is 0 Å². The van der Waals surface area contributed by atoms with Crippen LogP contribution >= 0.6 is 0 Å². The molecule has 1 aliphatic heterocycles. The smallest absolute Gasteiger partial charge is 0.243 e. The molecule has 0 spiro atoms. The van der Waals surface area contributed by atoms with Crippen LogP contribution in [0.1, 0.15) is 19.8 Å². The Kier molecular flexibility index (Phi) is 5.51. The minimum Gasteiger partial charge on any atom is -0.497 e. The molecule has 1 fully saturated rings. The van der Waals surface area contributed by atoms with Crippen molar-refractivity contribution in [3.05, 3.63) is 24.3 Å². The lowest BCUT2D eigenvalue weighted by atomic mass is 10.0. The van der Waals surface area contributed by atoms with Crippen LogP contribution in [0, 0.1) is 5.92 Å². The van der Waals surface area contributed by atoms with Gasteiger partial charge in [0.15, 0.2) is 0 Å². The van der Waals surface area contributed by atoms with Crippen molar-refractivity contribution in [3.8, 4) is 5.75 Å². The average molecular weight is 340 g/mol. The molecule has 1 aromatic carbocycles. The topological polar surface area (TPSA) is 66.9 Å². The molecule has 0 saturated carbocycles. The second-order valence-electron chi connectivity index (χ2n) is 6.05. The number of carbonyl (C=O) groups excluding carboxylic acids is 1. The minimum atomic E-state index is -3.54. The van der Waals surface area contributed by atoms with Crippen LogP contribution in [0.15, 0.2) is 24.3 Å². The number of amides is 1. The lowest BCUT2D eigenvalue weighted by Crippen LogP contribution is -2.46. The van der Waals surface area contributed by atoms with Crippen molar-refractivity contribution < 1.29 is 17.9 Å². The van der Waals surface area contributed by atoms with Crippen molar-refractivity contribution in [3.63, 3.8) is 0 Å². The van der Waals surface area contributed by atoms with Gasteiger partial charge in [-0.3, -0.25) is 9.10 Å². The van der Waals surface area contributed by atoms with Crippen LogP contribution in [0.2, 0.25) is 0 Å². The van der Waals surface area contributed by atoms with Gasteiger partial charge in [0, 0.05) is 13.1 Å².